The third-order valence-electron chi connectivity index (χ3n) is 3.21. The fourth-order valence-corrected chi connectivity index (χ4v) is 1.99. The number of carbonyl (C=O) groups excluding carboxylic acids is 1. The van der Waals surface area contributed by atoms with E-state index in [1.165, 1.54) is 0 Å². The molecule has 3 N–H and O–H groups in total. The lowest BCUT2D eigenvalue weighted by Crippen LogP contribution is -2.47. The normalized spacial score (nSPS) is 14.3. The second-order valence-electron chi connectivity index (χ2n) is 5.06. The lowest BCUT2D eigenvalue weighted by atomic mass is 10.0. The summed E-state index contributed by atoms with van der Waals surface area (Å²) in [5.74, 6) is 0.377. The van der Waals surface area contributed by atoms with Crippen LogP contribution in [0.15, 0.2) is 30.3 Å². The second kappa shape index (κ2) is 7.17. The minimum Gasteiger partial charge on any atom is -0.352 e. The van der Waals surface area contributed by atoms with E-state index in [2.05, 4.69) is 26.1 Å². The summed E-state index contributed by atoms with van der Waals surface area (Å²) in [6.45, 7) is 6.29. The molecule has 0 aliphatic rings. The molecule has 1 aromatic rings. The van der Waals surface area contributed by atoms with Gasteiger partial charge in [0.25, 0.3) is 0 Å². The summed E-state index contributed by atoms with van der Waals surface area (Å²) in [5, 5.41) is 3.02. The molecule has 100 valence electrons. The van der Waals surface area contributed by atoms with Crippen LogP contribution >= 0.6 is 0 Å². The zero-order valence-electron chi connectivity index (χ0n) is 11.5. The van der Waals surface area contributed by atoms with Crippen LogP contribution < -0.4 is 11.1 Å². The first-order chi connectivity index (χ1) is 8.54. The van der Waals surface area contributed by atoms with Gasteiger partial charge in [0.15, 0.2) is 0 Å². The van der Waals surface area contributed by atoms with Crippen molar-refractivity contribution in [2.75, 3.05) is 0 Å². The molecule has 0 bridgehead atoms. The van der Waals surface area contributed by atoms with Gasteiger partial charge in [-0.1, -0.05) is 51.1 Å². The van der Waals surface area contributed by atoms with E-state index in [4.69, 9.17) is 5.73 Å². The standard InChI is InChI=1S/C15H24N2O/c1-4-14(11(2)3)17-15(18)13(16)10-12-8-6-5-7-9-12/h5-9,11,13-14H,4,10,16H2,1-3H3,(H,17,18). The summed E-state index contributed by atoms with van der Waals surface area (Å²) in [4.78, 5) is 12.0. The van der Waals surface area contributed by atoms with E-state index in [9.17, 15) is 4.79 Å². The van der Waals surface area contributed by atoms with Crippen molar-refractivity contribution in [3.63, 3.8) is 0 Å². The summed E-state index contributed by atoms with van der Waals surface area (Å²) in [6.07, 6.45) is 1.52. The Morgan fingerprint density at radius 2 is 1.89 bits per heavy atom. The highest BCUT2D eigenvalue weighted by Crippen LogP contribution is 2.07. The predicted octanol–water partition coefficient (Wildman–Crippen LogP) is 2.11. The Balaban J connectivity index is 2.51. The average molecular weight is 248 g/mol. The summed E-state index contributed by atoms with van der Waals surface area (Å²) in [7, 11) is 0. The van der Waals surface area contributed by atoms with Gasteiger partial charge < -0.3 is 11.1 Å². The molecule has 0 aliphatic heterocycles. The van der Waals surface area contributed by atoms with Gasteiger partial charge in [0, 0.05) is 6.04 Å². The molecule has 0 radical (unpaired) electrons. The number of amides is 1. The van der Waals surface area contributed by atoms with E-state index in [1.54, 1.807) is 0 Å². The van der Waals surface area contributed by atoms with Gasteiger partial charge >= 0.3 is 0 Å². The molecular weight excluding hydrogens is 224 g/mol. The lowest BCUT2D eigenvalue weighted by molar-refractivity contribution is -0.123. The molecule has 2 atom stereocenters. The van der Waals surface area contributed by atoms with Gasteiger partial charge in [-0.3, -0.25) is 4.79 Å². The van der Waals surface area contributed by atoms with E-state index in [1.807, 2.05) is 30.3 Å². The molecule has 1 rings (SSSR count). The van der Waals surface area contributed by atoms with Crippen molar-refractivity contribution in [2.24, 2.45) is 11.7 Å². The highest BCUT2D eigenvalue weighted by atomic mass is 16.2. The molecule has 0 fully saturated rings. The van der Waals surface area contributed by atoms with Gasteiger partial charge in [-0.05, 0) is 24.3 Å². The first-order valence-electron chi connectivity index (χ1n) is 6.64. The van der Waals surface area contributed by atoms with Crippen LogP contribution in [0.2, 0.25) is 0 Å². The number of benzene rings is 1. The van der Waals surface area contributed by atoms with E-state index in [0.29, 0.717) is 12.3 Å². The molecule has 0 aliphatic carbocycles. The zero-order valence-corrected chi connectivity index (χ0v) is 11.5. The fourth-order valence-electron chi connectivity index (χ4n) is 1.99. The summed E-state index contributed by atoms with van der Waals surface area (Å²) < 4.78 is 0. The molecule has 2 unspecified atom stereocenters. The van der Waals surface area contributed by atoms with Crippen LogP contribution in [0.25, 0.3) is 0 Å². The number of hydrogen-bond acceptors (Lipinski definition) is 2. The van der Waals surface area contributed by atoms with E-state index < -0.39 is 6.04 Å². The van der Waals surface area contributed by atoms with Gasteiger partial charge in [0.1, 0.15) is 0 Å². The topological polar surface area (TPSA) is 55.1 Å². The van der Waals surface area contributed by atoms with Crippen LogP contribution in [0.5, 0.6) is 0 Å². The van der Waals surface area contributed by atoms with E-state index in [0.717, 1.165) is 12.0 Å². The average Bonchev–Trinajstić information content (AvgIpc) is 2.36. The van der Waals surface area contributed by atoms with E-state index >= 15 is 0 Å². The lowest BCUT2D eigenvalue weighted by Gasteiger charge is -2.22. The van der Waals surface area contributed by atoms with Crippen LogP contribution in [-0.2, 0) is 11.2 Å². The van der Waals surface area contributed by atoms with Crippen LogP contribution in [-0.4, -0.2) is 18.0 Å². The molecule has 3 heteroatoms. The molecule has 0 spiro atoms. The summed E-state index contributed by atoms with van der Waals surface area (Å²) in [6, 6.07) is 9.60. The summed E-state index contributed by atoms with van der Waals surface area (Å²) >= 11 is 0. The van der Waals surface area contributed by atoms with Crippen molar-refractivity contribution >= 4 is 5.91 Å². The van der Waals surface area contributed by atoms with Gasteiger partial charge in [-0.15, -0.1) is 0 Å². The van der Waals surface area contributed by atoms with Gasteiger partial charge in [-0.2, -0.15) is 0 Å². The molecule has 18 heavy (non-hydrogen) atoms. The SMILES string of the molecule is CCC(NC(=O)C(N)Cc1ccccc1)C(C)C. The predicted molar refractivity (Wildman–Crippen MR) is 75.2 cm³/mol. The van der Waals surface area contributed by atoms with Crippen molar-refractivity contribution in [1.82, 2.24) is 5.32 Å². The number of carbonyl (C=O) groups is 1. The maximum absolute atomic E-state index is 12.0. The van der Waals surface area contributed by atoms with Gasteiger partial charge in [-0.25, -0.2) is 0 Å². The molecule has 0 saturated heterocycles. The van der Waals surface area contributed by atoms with E-state index in [-0.39, 0.29) is 11.9 Å². The Morgan fingerprint density at radius 1 is 1.28 bits per heavy atom. The van der Waals surface area contributed by atoms with Crippen molar-refractivity contribution in [2.45, 2.75) is 45.7 Å². The molecular formula is C15H24N2O. The zero-order chi connectivity index (χ0) is 13.5. The fraction of sp³-hybridized carbons (Fsp3) is 0.533. The van der Waals surface area contributed by atoms with Crippen LogP contribution in [0, 0.1) is 5.92 Å². The molecule has 3 nitrogen and oxygen atoms in total. The van der Waals surface area contributed by atoms with Crippen LogP contribution in [0.3, 0.4) is 0 Å². The van der Waals surface area contributed by atoms with Crippen LogP contribution in [0.1, 0.15) is 32.8 Å². The molecule has 0 saturated carbocycles. The van der Waals surface area contributed by atoms with Crippen molar-refractivity contribution < 1.29 is 4.79 Å². The molecule has 1 amide bonds. The summed E-state index contributed by atoms with van der Waals surface area (Å²) in [5.41, 5.74) is 7.04. The largest absolute Gasteiger partial charge is 0.352 e. The Hall–Kier alpha value is -1.35. The van der Waals surface area contributed by atoms with Gasteiger partial charge in [0.05, 0.1) is 6.04 Å². The first-order valence-corrected chi connectivity index (χ1v) is 6.64. The highest BCUT2D eigenvalue weighted by molar-refractivity contribution is 5.82. The quantitative estimate of drug-likeness (QED) is 0.810. The number of nitrogens with one attached hydrogen (secondary N) is 1. The maximum atomic E-state index is 12.0. The number of hydrogen-bond donors (Lipinski definition) is 2. The Bertz CT molecular complexity index is 362. The van der Waals surface area contributed by atoms with Crippen molar-refractivity contribution in [3.8, 4) is 0 Å². The minimum absolute atomic E-state index is 0.0561. The molecule has 0 aromatic heterocycles. The Kier molecular flexibility index (Phi) is 5.86. The minimum atomic E-state index is -0.472. The second-order valence-corrected chi connectivity index (χ2v) is 5.06. The number of rotatable bonds is 6. The smallest absolute Gasteiger partial charge is 0.237 e. The Labute approximate surface area is 110 Å². The maximum Gasteiger partial charge on any atom is 0.237 e. The number of nitrogens with two attached hydrogens (primary N) is 1. The monoisotopic (exact) mass is 248 g/mol. The first kappa shape index (κ1) is 14.7. The molecule has 1 aromatic carbocycles. The third-order valence-corrected chi connectivity index (χ3v) is 3.21. The van der Waals surface area contributed by atoms with Crippen LogP contribution in [0.4, 0.5) is 0 Å². The van der Waals surface area contributed by atoms with Crippen molar-refractivity contribution in [1.29, 1.82) is 0 Å². The third kappa shape index (κ3) is 4.49. The van der Waals surface area contributed by atoms with Crippen molar-refractivity contribution in [3.05, 3.63) is 35.9 Å². The highest BCUT2D eigenvalue weighted by Gasteiger charge is 2.19. The Morgan fingerprint density at radius 3 is 2.39 bits per heavy atom. The molecule has 0 heterocycles. The van der Waals surface area contributed by atoms with Gasteiger partial charge in [0.2, 0.25) is 5.91 Å².